The number of aromatic nitrogens is 3. The molecule has 0 aliphatic heterocycles. The van der Waals surface area contributed by atoms with Crippen molar-refractivity contribution in [3.05, 3.63) is 52.9 Å². The summed E-state index contributed by atoms with van der Waals surface area (Å²) in [5.41, 5.74) is 2.06. The number of aliphatic hydroxyl groups excluding tert-OH is 1. The van der Waals surface area contributed by atoms with Gasteiger partial charge in [-0.3, -0.25) is 0 Å². The lowest BCUT2D eigenvalue weighted by Gasteiger charge is -2.03. The molecule has 0 amide bonds. The maximum atomic E-state index is 9.02. The van der Waals surface area contributed by atoms with E-state index in [2.05, 4.69) is 10.2 Å². The molecular formula is C14H14N4OS2. The van der Waals surface area contributed by atoms with Crippen molar-refractivity contribution in [2.75, 3.05) is 5.84 Å². The Morgan fingerprint density at radius 1 is 1.14 bits per heavy atom. The maximum Gasteiger partial charge on any atom is 0.210 e. The minimum Gasteiger partial charge on any atom is -0.392 e. The Morgan fingerprint density at radius 2 is 1.90 bits per heavy atom. The van der Waals surface area contributed by atoms with E-state index in [-0.39, 0.29) is 6.61 Å². The van der Waals surface area contributed by atoms with Gasteiger partial charge < -0.3 is 10.9 Å². The van der Waals surface area contributed by atoms with Crippen LogP contribution in [0.3, 0.4) is 0 Å². The second-order valence-electron chi connectivity index (χ2n) is 4.42. The van der Waals surface area contributed by atoms with Gasteiger partial charge in [0, 0.05) is 5.75 Å². The topological polar surface area (TPSA) is 77.0 Å². The molecule has 21 heavy (non-hydrogen) atoms. The number of nitrogen functional groups attached to an aromatic ring is 1. The van der Waals surface area contributed by atoms with Crippen molar-refractivity contribution in [1.82, 2.24) is 14.9 Å². The zero-order chi connectivity index (χ0) is 14.7. The summed E-state index contributed by atoms with van der Waals surface area (Å²) in [4.78, 5) is 1.00. The van der Waals surface area contributed by atoms with Crippen molar-refractivity contribution in [1.29, 1.82) is 0 Å². The van der Waals surface area contributed by atoms with Gasteiger partial charge >= 0.3 is 0 Å². The van der Waals surface area contributed by atoms with Crippen LogP contribution in [-0.2, 0) is 12.4 Å². The van der Waals surface area contributed by atoms with Crippen LogP contribution in [0.15, 0.2) is 46.9 Å². The number of nitrogens with zero attached hydrogens (tertiary/aromatic N) is 3. The van der Waals surface area contributed by atoms with Gasteiger partial charge in [0.15, 0.2) is 5.82 Å². The first-order chi connectivity index (χ1) is 10.3. The summed E-state index contributed by atoms with van der Waals surface area (Å²) in [6, 6.07) is 11.8. The molecule has 2 aromatic heterocycles. The maximum absolute atomic E-state index is 9.02. The van der Waals surface area contributed by atoms with E-state index in [0.29, 0.717) is 11.0 Å². The van der Waals surface area contributed by atoms with Crippen LogP contribution in [0.4, 0.5) is 0 Å². The normalized spacial score (nSPS) is 10.9. The molecule has 0 saturated carbocycles. The van der Waals surface area contributed by atoms with Gasteiger partial charge in [0.2, 0.25) is 5.16 Å². The molecule has 3 N–H and O–H groups in total. The molecule has 0 atom stereocenters. The SMILES string of the molecule is Nn1c(SCc2ccc(CO)cc2)nnc1-c1cccs1. The van der Waals surface area contributed by atoms with Crippen LogP contribution in [0.25, 0.3) is 10.7 Å². The first kappa shape index (κ1) is 14.1. The fourth-order valence-corrected chi connectivity index (χ4v) is 3.36. The van der Waals surface area contributed by atoms with E-state index in [1.165, 1.54) is 16.4 Å². The molecule has 0 unspecified atom stereocenters. The monoisotopic (exact) mass is 318 g/mol. The van der Waals surface area contributed by atoms with Crippen LogP contribution >= 0.6 is 23.1 Å². The number of hydrogen-bond donors (Lipinski definition) is 2. The number of thiophene rings is 1. The van der Waals surface area contributed by atoms with Gasteiger partial charge in [-0.1, -0.05) is 42.1 Å². The van der Waals surface area contributed by atoms with Crippen LogP contribution in [0.1, 0.15) is 11.1 Å². The summed E-state index contributed by atoms with van der Waals surface area (Å²) in [7, 11) is 0. The average molecular weight is 318 g/mol. The quantitative estimate of drug-likeness (QED) is 0.558. The third kappa shape index (κ3) is 3.10. The molecule has 0 spiro atoms. The van der Waals surface area contributed by atoms with Crippen molar-refractivity contribution in [2.45, 2.75) is 17.5 Å². The predicted molar refractivity (Wildman–Crippen MR) is 85.4 cm³/mol. The Morgan fingerprint density at radius 3 is 2.57 bits per heavy atom. The van der Waals surface area contributed by atoms with Crippen LogP contribution in [0, 0.1) is 0 Å². The molecule has 3 aromatic rings. The van der Waals surface area contributed by atoms with Crippen LogP contribution in [-0.4, -0.2) is 20.0 Å². The minimum atomic E-state index is 0.0642. The Hall–Kier alpha value is -1.83. The molecule has 0 aliphatic rings. The highest BCUT2D eigenvalue weighted by atomic mass is 32.2. The van der Waals surface area contributed by atoms with Crippen LogP contribution in [0.2, 0.25) is 0 Å². The number of benzene rings is 1. The largest absolute Gasteiger partial charge is 0.392 e. The lowest BCUT2D eigenvalue weighted by atomic mass is 10.2. The van der Waals surface area contributed by atoms with E-state index in [4.69, 9.17) is 10.9 Å². The van der Waals surface area contributed by atoms with Crippen molar-refractivity contribution in [2.24, 2.45) is 0 Å². The summed E-state index contributed by atoms with van der Waals surface area (Å²) in [5, 5.41) is 20.0. The molecule has 0 aliphatic carbocycles. The van der Waals surface area contributed by atoms with E-state index in [1.54, 1.807) is 11.3 Å². The van der Waals surface area contributed by atoms with E-state index < -0.39 is 0 Å². The van der Waals surface area contributed by atoms with E-state index in [1.807, 2.05) is 41.8 Å². The number of aliphatic hydroxyl groups is 1. The van der Waals surface area contributed by atoms with E-state index >= 15 is 0 Å². The lowest BCUT2D eigenvalue weighted by molar-refractivity contribution is 0.282. The smallest absolute Gasteiger partial charge is 0.210 e. The highest BCUT2D eigenvalue weighted by molar-refractivity contribution is 7.98. The van der Waals surface area contributed by atoms with Gasteiger partial charge in [-0.05, 0) is 22.6 Å². The summed E-state index contributed by atoms with van der Waals surface area (Å²) >= 11 is 3.12. The highest BCUT2D eigenvalue weighted by Crippen LogP contribution is 2.26. The molecule has 2 heterocycles. The van der Waals surface area contributed by atoms with Crippen molar-refractivity contribution < 1.29 is 5.11 Å². The van der Waals surface area contributed by atoms with Gasteiger partial charge in [-0.15, -0.1) is 21.5 Å². The predicted octanol–water partition coefficient (Wildman–Crippen LogP) is 2.51. The Kier molecular flexibility index (Phi) is 4.23. The Balaban J connectivity index is 1.70. The third-order valence-electron chi connectivity index (χ3n) is 2.98. The molecule has 0 radical (unpaired) electrons. The molecule has 108 valence electrons. The molecule has 0 bridgehead atoms. The highest BCUT2D eigenvalue weighted by Gasteiger charge is 2.12. The summed E-state index contributed by atoms with van der Waals surface area (Å²) in [6.07, 6.45) is 0. The fourth-order valence-electron chi connectivity index (χ4n) is 1.84. The first-order valence-corrected chi connectivity index (χ1v) is 8.20. The third-order valence-corrected chi connectivity index (χ3v) is 4.86. The second-order valence-corrected chi connectivity index (χ2v) is 6.31. The Labute approximate surface area is 130 Å². The van der Waals surface area contributed by atoms with Gasteiger partial charge in [-0.25, -0.2) is 4.68 Å². The number of thioether (sulfide) groups is 1. The first-order valence-electron chi connectivity index (χ1n) is 6.34. The van der Waals surface area contributed by atoms with Crippen molar-refractivity contribution >= 4 is 23.1 Å². The summed E-state index contributed by atoms with van der Waals surface area (Å²) in [6.45, 7) is 0.0642. The summed E-state index contributed by atoms with van der Waals surface area (Å²) in [5.74, 6) is 7.49. The summed E-state index contributed by atoms with van der Waals surface area (Å²) < 4.78 is 1.53. The van der Waals surface area contributed by atoms with E-state index in [9.17, 15) is 0 Å². The minimum absolute atomic E-state index is 0.0642. The zero-order valence-corrected chi connectivity index (χ0v) is 12.8. The van der Waals surface area contributed by atoms with Gasteiger partial charge in [-0.2, -0.15) is 0 Å². The molecule has 0 fully saturated rings. The van der Waals surface area contributed by atoms with E-state index in [0.717, 1.165) is 21.8 Å². The number of rotatable bonds is 5. The standard InChI is InChI=1S/C14H14N4OS2/c15-18-13(12-2-1-7-20-12)16-17-14(18)21-9-11-5-3-10(8-19)4-6-11/h1-7,19H,8-9,15H2. The molecule has 5 nitrogen and oxygen atoms in total. The molecule has 7 heteroatoms. The molecule has 3 rings (SSSR count). The van der Waals surface area contributed by atoms with Crippen LogP contribution < -0.4 is 5.84 Å². The van der Waals surface area contributed by atoms with Gasteiger partial charge in [0.25, 0.3) is 0 Å². The zero-order valence-electron chi connectivity index (χ0n) is 11.1. The molecule has 1 aromatic carbocycles. The fraction of sp³-hybridized carbons (Fsp3) is 0.143. The molecular weight excluding hydrogens is 304 g/mol. The number of hydrogen-bond acceptors (Lipinski definition) is 6. The number of nitrogens with two attached hydrogens (primary N) is 1. The second kappa shape index (κ2) is 6.30. The van der Waals surface area contributed by atoms with Crippen molar-refractivity contribution in [3.8, 4) is 10.7 Å². The lowest BCUT2D eigenvalue weighted by Crippen LogP contribution is -2.11. The van der Waals surface area contributed by atoms with Crippen LogP contribution in [0.5, 0.6) is 0 Å². The Bertz CT molecular complexity index is 707. The van der Waals surface area contributed by atoms with Gasteiger partial charge in [0.05, 0.1) is 11.5 Å². The average Bonchev–Trinajstić information content (AvgIpc) is 3.15. The van der Waals surface area contributed by atoms with Crippen molar-refractivity contribution in [3.63, 3.8) is 0 Å². The molecule has 0 saturated heterocycles. The van der Waals surface area contributed by atoms with Gasteiger partial charge in [0.1, 0.15) is 0 Å².